The lowest BCUT2D eigenvalue weighted by molar-refractivity contribution is 0.736. The third kappa shape index (κ3) is 1.71. The lowest BCUT2D eigenvalue weighted by atomic mass is 10.2. The largest absolute Gasteiger partial charge is 0.265 e. The molecule has 3 heterocycles. The Balaban J connectivity index is 2.07. The molecule has 94 valence electrons. The van der Waals surface area contributed by atoms with Crippen molar-refractivity contribution in [3.63, 3.8) is 0 Å². The van der Waals surface area contributed by atoms with Gasteiger partial charge >= 0.3 is 0 Å². The molecule has 0 spiro atoms. The Kier molecular flexibility index (Phi) is 2.62. The first-order valence-electron chi connectivity index (χ1n) is 5.91. The van der Waals surface area contributed by atoms with E-state index in [0.29, 0.717) is 0 Å². The Morgan fingerprint density at radius 3 is 2.83 bits per heavy atom. The third-order valence-electron chi connectivity index (χ3n) is 2.80. The maximum Gasteiger partial charge on any atom is 0.235 e. The Hall–Kier alpha value is -1.76. The number of rotatable bonds is 3. The summed E-state index contributed by atoms with van der Waals surface area (Å²) in [7, 11) is 1.95. The van der Waals surface area contributed by atoms with Crippen molar-refractivity contribution < 1.29 is 0 Å². The predicted octanol–water partition coefficient (Wildman–Crippen LogP) is 1.85. The first kappa shape index (κ1) is 11.3. The van der Waals surface area contributed by atoms with Gasteiger partial charge in [0.15, 0.2) is 10.8 Å². The summed E-state index contributed by atoms with van der Waals surface area (Å²) in [6, 6.07) is 2.10. The summed E-state index contributed by atoms with van der Waals surface area (Å²) in [6.07, 6.45) is 2.09. The van der Waals surface area contributed by atoms with Crippen molar-refractivity contribution in [1.82, 2.24) is 29.6 Å². The Morgan fingerprint density at radius 2 is 2.11 bits per heavy atom. The molecule has 18 heavy (non-hydrogen) atoms. The molecular weight excluding hydrogens is 248 g/mol. The highest BCUT2D eigenvalue weighted by Gasteiger charge is 2.14. The van der Waals surface area contributed by atoms with Gasteiger partial charge in [-0.1, -0.05) is 24.7 Å². The van der Waals surface area contributed by atoms with Crippen LogP contribution in [-0.2, 0) is 13.5 Å². The van der Waals surface area contributed by atoms with Crippen molar-refractivity contribution in [1.29, 1.82) is 0 Å². The van der Waals surface area contributed by atoms with E-state index >= 15 is 0 Å². The fraction of sp³-hybridized carbons (Fsp3) is 0.455. The van der Waals surface area contributed by atoms with Gasteiger partial charge in [-0.05, 0) is 19.4 Å². The normalized spacial score (nSPS) is 11.5. The Bertz CT molecular complexity index is 692. The highest BCUT2D eigenvalue weighted by molar-refractivity contribution is 7.19. The van der Waals surface area contributed by atoms with E-state index < -0.39 is 0 Å². The van der Waals surface area contributed by atoms with Gasteiger partial charge in [-0.25, -0.2) is 0 Å². The smallest absolute Gasteiger partial charge is 0.235 e. The van der Waals surface area contributed by atoms with Gasteiger partial charge < -0.3 is 0 Å². The number of aryl methyl sites for hydroxylation is 3. The number of hydrogen-bond donors (Lipinski definition) is 0. The molecule has 0 unspecified atom stereocenters. The van der Waals surface area contributed by atoms with Crippen molar-refractivity contribution in [2.75, 3.05) is 0 Å². The number of hydrogen-bond acceptors (Lipinski definition) is 5. The molecule has 0 amide bonds. The number of nitrogens with zero attached hydrogens (tertiary/aromatic N) is 6. The van der Waals surface area contributed by atoms with Gasteiger partial charge in [0.1, 0.15) is 0 Å². The minimum Gasteiger partial charge on any atom is -0.265 e. The van der Waals surface area contributed by atoms with Crippen molar-refractivity contribution >= 4 is 16.3 Å². The van der Waals surface area contributed by atoms with Crippen LogP contribution in [0.25, 0.3) is 15.7 Å². The minimum absolute atomic E-state index is 0.809. The molecule has 0 atom stereocenters. The van der Waals surface area contributed by atoms with Crippen LogP contribution in [0, 0.1) is 6.92 Å². The van der Waals surface area contributed by atoms with Crippen LogP contribution in [0.3, 0.4) is 0 Å². The summed E-state index contributed by atoms with van der Waals surface area (Å²) in [6.45, 7) is 4.05. The highest BCUT2D eigenvalue weighted by atomic mass is 32.1. The molecule has 3 rings (SSSR count). The summed E-state index contributed by atoms with van der Waals surface area (Å²) in [5, 5.41) is 18.0. The lowest BCUT2D eigenvalue weighted by Crippen LogP contribution is -1.95. The van der Waals surface area contributed by atoms with Crippen molar-refractivity contribution in [2.45, 2.75) is 26.7 Å². The van der Waals surface area contributed by atoms with Crippen LogP contribution in [-0.4, -0.2) is 29.6 Å². The molecule has 0 N–H and O–H groups in total. The zero-order valence-corrected chi connectivity index (χ0v) is 11.4. The standard InChI is InChI=1S/C11H14N6S/c1-4-5-8-6-9(16(3)14-8)10-15-17-7(2)12-13-11(17)18-10/h6H,4-5H2,1-3H3. The second-order valence-corrected chi connectivity index (χ2v) is 5.20. The Morgan fingerprint density at radius 1 is 1.28 bits per heavy atom. The van der Waals surface area contributed by atoms with Crippen LogP contribution in [0.2, 0.25) is 0 Å². The number of fused-ring (bicyclic) bond motifs is 1. The average molecular weight is 262 g/mol. The monoisotopic (exact) mass is 262 g/mol. The summed E-state index contributed by atoms with van der Waals surface area (Å²) < 4.78 is 3.65. The zero-order chi connectivity index (χ0) is 12.7. The van der Waals surface area contributed by atoms with Gasteiger partial charge in [-0.15, -0.1) is 10.2 Å². The van der Waals surface area contributed by atoms with E-state index in [4.69, 9.17) is 0 Å². The molecule has 0 radical (unpaired) electrons. The van der Waals surface area contributed by atoms with Crippen LogP contribution in [0.4, 0.5) is 0 Å². The first-order chi connectivity index (χ1) is 8.69. The molecule has 0 aromatic carbocycles. The van der Waals surface area contributed by atoms with Gasteiger partial charge in [-0.2, -0.15) is 14.7 Å². The van der Waals surface area contributed by atoms with Gasteiger partial charge in [0.25, 0.3) is 0 Å². The Labute approximate surface area is 108 Å². The molecule has 0 aliphatic carbocycles. The predicted molar refractivity (Wildman–Crippen MR) is 69.6 cm³/mol. The van der Waals surface area contributed by atoms with Gasteiger partial charge in [0.2, 0.25) is 4.96 Å². The third-order valence-corrected chi connectivity index (χ3v) is 3.72. The van der Waals surface area contributed by atoms with Crippen LogP contribution < -0.4 is 0 Å². The maximum absolute atomic E-state index is 4.53. The van der Waals surface area contributed by atoms with Crippen molar-refractivity contribution in [3.8, 4) is 10.7 Å². The maximum atomic E-state index is 4.53. The summed E-state index contributed by atoms with van der Waals surface area (Å²) in [5.41, 5.74) is 2.14. The summed E-state index contributed by atoms with van der Waals surface area (Å²) >= 11 is 1.53. The quantitative estimate of drug-likeness (QED) is 0.722. The molecule has 0 aliphatic rings. The molecule has 3 aromatic heterocycles. The van der Waals surface area contributed by atoms with E-state index in [1.807, 2.05) is 18.7 Å². The summed E-state index contributed by atoms with van der Waals surface area (Å²) in [5.74, 6) is 0.809. The van der Waals surface area contributed by atoms with Gasteiger partial charge in [0.05, 0.1) is 11.4 Å². The van der Waals surface area contributed by atoms with E-state index in [1.54, 1.807) is 4.52 Å². The van der Waals surface area contributed by atoms with E-state index in [9.17, 15) is 0 Å². The number of aromatic nitrogens is 6. The molecule has 6 nitrogen and oxygen atoms in total. The van der Waals surface area contributed by atoms with Crippen LogP contribution >= 0.6 is 11.3 Å². The molecule has 0 fully saturated rings. The van der Waals surface area contributed by atoms with Crippen LogP contribution in [0.15, 0.2) is 6.07 Å². The lowest BCUT2D eigenvalue weighted by Gasteiger charge is -1.94. The SMILES string of the molecule is CCCc1cc(-c2nn3c(C)nnc3s2)n(C)n1. The van der Waals surface area contributed by atoms with Crippen LogP contribution in [0.5, 0.6) is 0 Å². The fourth-order valence-electron chi connectivity index (χ4n) is 1.92. The van der Waals surface area contributed by atoms with E-state index in [2.05, 4.69) is 33.4 Å². The zero-order valence-electron chi connectivity index (χ0n) is 10.6. The van der Waals surface area contributed by atoms with Crippen molar-refractivity contribution in [3.05, 3.63) is 17.6 Å². The molecular formula is C11H14N6S. The molecule has 0 saturated carbocycles. The fourth-order valence-corrected chi connectivity index (χ4v) is 2.86. The van der Waals surface area contributed by atoms with Gasteiger partial charge in [-0.3, -0.25) is 4.68 Å². The minimum atomic E-state index is 0.809. The molecule has 7 heteroatoms. The van der Waals surface area contributed by atoms with E-state index in [1.165, 1.54) is 11.3 Å². The first-order valence-corrected chi connectivity index (χ1v) is 6.73. The molecule has 3 aromatic rings. The van der Waals surface area contributed by atoms with Gasteiger partial charge in [0, 0.05) is 7.05 Å². The topological polar surface area (TPSA) is 60.9 Å². The molecule has 0 bridgehead atoms. The molecule has 0 saturated heterocycles. The summed E-state index contributed by atoms with van der Waals surface area (Å²) in [4.78, 5) is 0.820. The van der Waals surface area contributed by atoms with Crippen molar-refractivity contribution in [2.24, 2.45) is 7.05 Å². The average Bonchev–Trinajstić information content (AvgIpc) is 2.97. The highest BCUT2D eigenvalue weighted by Crippen LogP contribution is 2.25. The van der Waals surface area contributed by atoms with E-state index in [-0.39, 0.29) is 0 Å². The molecule has 0 aliphatic heterocycles. The van der Waals surface area contributed by atoms with Crippen LogP contribution in [0.1, 0.15) is 24.9 Å². The van der Waals surface area contributed by atoms with E-state index in [0.717, 1.165) is 40.0 Å². The second kappa shape index (κ2) is 4.16. The second-order valence-electron chi connectivity index (χ2n) is 4.24.